The molecule has 0 atom stereocenters. The van der Waals surface area contributed by atoms with Gasteiger partial charge < -0.3 is 11.1 Å². The highest BCUT2D eigenvalue weighted by Crippen LogP contribution is 2.26. The lowest BCUT2D eigenvalue weighted by Gasteiger charge is -2.10. The lowest BCUT2D eigenvalue weighted by Crippen LogP contribution is -2.23. The van der Waals surface area contributed by atoms with Crippen LogP contribution in [0.5, 0.6) is 0 Å². The molecule has 0 aliphatic heterocycles. The molecule has 2 aromatic carbocycles. The Morgan fingerprint density at radius 3 is 2.56 bits per heavy atom. The molecular weight excluding hydrogens is 418 g/mol. The predicted molar refractivity (Wildman–Crippen MR) is 129 cm³/mol. The maximum Gasteiger partial charge on any atom is 0.251 e. The minimum Gasteiger partial charge on any atom is -0.368 e. The Balaban J connectivity index is 1.51. The summed E-state index contributed by atoms with van der Waals surface area (Å²) in [5, 5.41) is 2.97. The molecule has 2 aromatic heterocycles. The van der Waals surface area contributed by atoms with Gasteiger partial charge in [-0.05, 0) is 66.3 Å². The summed E-state index contributed by atoms with van der Waals surface area (Å²) in [6.07, 6.45) is 5.41. The van der Waals surface area contributed by atoms with Gasteiger partial charge in [0, 0.05) is 28.4 Å². The minimum absolute atomic E-state index is 0.115. The van der Waals surface area contributed by atoms with E-state index in [0.717, 1.165) is 38.5 Å². The molecule has 0 saturated heterocycles. The SMILES string of the molecule is CSc1cc(C(=O)NCc2cc(-c3cccc(-c4ccnc(N)n4)c3)ccn2)ccc1C. The van der Waals surface area contributed by atoms with Crippen molar-refractivity contribution in [3.8, 4) is 22.4 Å². The Morgan fingerprint density at radius 1 is 0.969 bits per heavy atom. The molecule has 0 aliphatic carbocycles. The van der Waals surface area contributed by atoms with Gasteiger partial charge in [-0.15, -0.1) is 11.8 Å². The molecule has 2 heterocycles. The third kappa shape index (κ3) is 4.95. The number of carbonyl (C=O) groups is 1. The summed E-state index contributed by atoms with van der Waals surface area (Å²) in [4.78, 5) is 26.4. The number of rotatable bonds is 6. The molecule has 0 spiro atoms. The number of anilines is 1. The highest BCUT2D eigenvalue weighted by Gasteiger charge is 2.09. The largest absolute Gasteiger partial charge is 0.368 e. The fraction of sp³-hybridized carbons (Fsp3) is 0.120. The molecule has 0 bridgehead atoms. The van der Waals surface area contributed by atoms with Gasteiger partial charge >= 0.3 is 0 Å². The number of amides is 1. The van der Waals surface area contributed by atoms with Gasteiger partial charge in [-0.2, -0.15) is 0 Å². The Kier molecular flexibility index (Phi) is 6.47. The first-order valence-corrected chi connectivity index (χ1v) is 11.3. The second-order valence-electron chi connectivity index (χ2n) is 7.28. The lowest BCUT2D eigenvalue weighted by molar-refractivity contribution is 0.0950. The van der Waals surface area contributed by atoms with Crippen molar-refractivity contribution in [3.63, 3.8) is 0 Å². The zero-order chi connectivity index (χ0) is 22.5. The monoisotopic (exact) mass is 441 g/mol. The molecule has 0 aliphatic rings. The van der Waals surface area contributed by atoms with Crippen molar-refractivity contribution >= 4 is 23.6 Å². The summed E-state index contributed by atoms with van der Waals surface area (Å²) in [5.41, 5.74) is 12.1. The van der Waals surface area contributed by atoms with Gasteiger partial charge in [0.25, 0.3) is 5.91 Å². The summed E-state index contributed by atoms with van der Waals surface area (Å²) in [7, 11) is 0. The number of nitrogens with zero attached hydrogens (tertiary/aromatic N) is 3. The maximum atomic E-state index is 12.6. The van der Waals surface area contributed by atoms with E-state index in [-0.39, 0.29) is 11.9 Å². The number of hydrogen-bond acceptors (Lipinski definition) is 6. The van der Waals surface area contributed by atoms with Crippen molar-refractivity contribution < 1.29 is 4.79 Å². The van der Waals surface area contributed by atoms with Crippen LogP contribution in [0.4, 0.5) is 5.95 Å². The van der Waals surface area contributed by atoms with E-state index in [0.29, 0.717) is 12.1 Å². The summed E-state index contributed by atoms with van der Waals surface area (Å²) < 4.78 is 0. The number of hydrogen-bond donors (Lipinski definition) is 2. The van der Waals surface area contributed by atoms with Crippen LogP contribution in [0.1, 0.15) is 21.6 Å². The van der Waals surface area contributed by atoms with Crippen LogP contribution in [0.2, 0.25) is 0 Å². The third-order valence-electron chi connectivity index (χ3n) is 5.08. The summed E-state index contributed by atoms with van der Waals surface area (Å²) in [6.45, 7) is 2.38. The average molecular weight is 442 g/mol. The molecular formula is C25H23N5OS. The standard InChI is InChI=1S/C25H23N5OS/c1-16-6-7-20(14-23(16)32-2)24(31)29-15-21-13-18(8-10-27-21)17-4-3-5-19(12-17)22-9-11-28-25(26)30-22/h3-14H,15H2,1-2H3,(H,29,31)(H2,26,28,30). The third-order valence-corrected chi connectivity index (χ3v) is 5.96. The highest BCUT2D eigenvalue weighted by atomic mass is 32.2. The highest BCUT2D eigenvalue weighted by molar-refractivity contribution is 7.98. The summed E-state index contributed by atoms with van der Waals surface area (Å²) in [5.74, 6) is 0.129. The maximum absolute atomic E-state index is 12.6. The normalized spacial score (nSPS) is 10.7. The van der Waals surface area contributed by atoms with Crippen LogP contribution in [-0.2, 0) is 6.54 Å². The Hall–Kier alpha value is -3.71. The van der Waals surface area contributed by atoms with Crippen molar-refractivity contribution in [3.05, 3.63) is 89.9 Å². The first kappa shape index (κ1) is 21.5. The molecule has 4 rings (SSSR count). The van der Waals surface area contributed by atoms with E-state index in [9.17, 15) is 4.79 Å². The van der Waals surface area contributed by atoms with Crippen LogP contribution in [0.3, 0.4) is 0 Å². The first-order valence-electron chi connectivity index (χ1n) is 10.1. The fourth-order valence-electron chi connectivity index (χ4n) is 3.38. The fourth-order valence-corrected chi connectivity index (χ4v) is 4.02. The zero-order valence-electron chi connectivity index (χ0n) is 17.9. The van der Waals surface area contributed by atoms with E-state index in [2.05, 4.69) is 26.3 Å². The van der Waals surface area contributed by atoms with E-state index >= 15 is 0 Å². The topological polar surface area (TPSA) is 93.8 Å². The second-order valence-corrected chi connectivity index (χ2v) is 8.13. The van der Waals surface area contributed by atoms with Crippen molar-refractivity contribution in [2.24, 2.45) is 0 Å². The minimum atomic E-state index is -0.115. The van der Waals surface area contributed by atoms with E-state index < -0.39 is 0 Å². The smallest absolute Gasteiger partial charge is 0.251 e. The molecule has 1 amide bonds. The van der Waals surface area contributed by atoms with Crippen molar-refractivity contribution in [2.45, 2.75) is 18.4 Å². The Morgan fingerprint density at radius 2 is 1.75 bits per heavy atom. The quantitative estimate of drug-likeness (QED) is 0.420. The van der Waals surface area contributed by atoms with E-state index in [4.69, 9.17) is 5.73 Å². The number of nitrogen functional groups attached to an aromatic ring is 1. The van der Waals surface area contributed by atoms with E-state index in [1.807, 2.05) is 67.8 Å². The summed E-state index contributed by atoms with van der Waals surface area (Å²) in [6, 6.07) is 19.5. The molecule has 7 heteroatoms. The van der Waals surface area contributed by atoms with Crippen LogP contribution >= 0.6 is 11.8 Å². The van der Waals surface area contributed by atoms with Crippen LogP contribution in [0.15, 0.2) is 78.0 Å². The van der Waals surface area contributed by atoms with Crippen molar-refractivity contribution in [1.29, 1.82) is 0 Å². The number of aromatic nitrogens is 3. The lowest BCUT2D eigenvalue weighted by atomic mass is 10.0. The van der Waals surface area contributed by atoms with Gasteiger partial charge in [-0.1, -0.05) is 24.3 Å². The molecule has 6 nitrogen and oxygen atoms in total. The van der Waals surface area contributed by atoms with Crippen LogP contribution < -0.4 is 11.1 Å². The number of benzene rings is 2. The van der Waals surface area contributed by atoms with Crippen LogP contribution in [-0.4, -0.2) is 27.1 Å². The predicted octanol–water partition coefficient (Wildman–Crippen LogP) is 4.75. The molecule has 4 aromatic rings. The van der Waals surface area contributed by atoms with Gasteiger partial charge in [0.05, 0.1) is 17.9 Å². The van der Waals surface area contributed by atoms with Gasteiger partial charge in [0.15, 0.2) is 0 Å². The van der Waals surface area contributed by atoms with Crippen molar-refractivity contribution in [2.75, 3.05) is 12.0 Å². The number of nitrogens with one attached hydrogen (secondary N) is 1. The Bertz CT molecular complexity index is 1270. The van der Waals surface area contributed by atoms with Crippen LogP contribution in [0, 0.1) is 6.92 Å². The molecule has 0 radical (unpaired) electrons. The van der Waals surface area contributed by atoms with Gasteiger partial charge in [-0.25, -0.2) is 9.97 Å². The number of pyridine rings is 1. The van der Waals surface area contributed by atoms with E-state index in [1.54, 1.807) is 24.2 Å². The second kappa shape index (κ2) is 9.62. The zero-order valence-corrected chi connectivity index (χ0v) is 18.7. The molecule has 160 valence electrons. The molecule has 3 N–H and O–H groups in total. The summed E-state index contributed by atoms with van der Waals surface area (Å²) >= 11 is 1.63. The Labute approximate surface area is 191 Å². The molecule has 0 saturated carbocycles. The van der Waals surface area contributed by atoms with Gasteiger partial charge in [0.1, 0.15) is 0 Å². The van der Waals surface area contributed by atoms with Crippen LogP contribution in [0.25, 0.3) is 22.4 Å². The number of carbonyl (C=O) groups excluding carboxylic acids is 1. The van der Waals surface area contributed by atoms with Gasteiger partial charge in [0.2, 0.25) is 5.95 Å². The average Bonchev–Trinajstić information content (AvgIpc) is 2.83. The number of aryl methyl sites for hydroxylation is 1. The van der Waals surface area contributed by atoms with Gasteiger partial charge in [-0.3, -0.25) is 9.78 Å². The number of nitrogens with two attached hydrogens (primary N) is 1. The number of thioether (sulfide) groups is 1. The molecule has 0 unspecified atom stereocenters. The van der Waals surface area contributed by atoms with E-state index in [1.165, 1.54) is 0 Å². The van der Waals surface area contributed by atoms with Crippen molar-refractivity contribution in [1.82, 2.24) is 20.3 Å². The first-order chi connectivity index (χ1) is 15.5. The molecule has 32 heavy (non-hydrogen) atoms. The molecule has 0 fully saturated rings.